The van der Waals surface area contributed by atoms with Gasteiger partial charge in [0.15, 0.2) is 0 Å². The Morgan fingerprint density at radius 2 is 1.69 bits per heavy atom. The first-order chi connectivity index (χ1) is 15.3. The summed E-state index contributed by atoms with van der Waals surface area (Å²) in [5.74, 6) is 5.21. The van der Waals surface area contributed by atoms with Gasteiger partial charge < -0.3 is 16.0 Å². The highest BCUT2D eigenvalue weighted by atomic mass is 16.2. The van der Waals surface area contributed by atoms with Crippen LogP contribution < -0.4 is 11.1 Å². The van der Waals surface area contributed by atoms with Crippen molar-refractivity contribution in [3.63, 3.8) is 0 Å². The van der Waals surface area contributed by atoms with Crippen molar-refractivity contribution in [2.75, 3.05) is 19.4 Å². The molecule has 160 valence electrons. The molecule has 0 saturated carbocycles. The van der Waals surface area contributed by atoms with Crippen LogP contribution in [0.15, 0.2) is 60.8 Å². The van der Waals surface area contributed by atoms with Gasteiger partial charge in [-0.2, -0.15) is 0 Å². The minimum absolute atomic E-state index is 0.116. The number of pyridine rings is 1. The van der Waals surface area contributed by atoms with Crippen LogP contribution in [0.2, 0.25) is 0 Å². The number of aromatic nitrogens is 1. The number of amides is 2. The van der Waals surface area contributed by atoms with Crippen molar-refractivity contribution < 1.29 is 9.59 Å². The number of carbonyl (C=O) groups is 2. The van der Waals surface area contributed by atoms with Crippen molar-refractivity contribution in [2.45, 2.75) is 6.92 Å². The van der Waals surface area contributed by atoms with Crippen LogP contribution in [0.4, 0.5) is 5.82 Å². The Labute approximate surface area is 186 Å². The van der Waals surface area contributed by atoms with E-state index < -0.39 is 11.8 Å². The van der Waals surface area contributed by atoms with E-state index >= 15 is 0 Å². The van der Waals surface area contributed by atoms with Crippen LogP contribution >= 0.6 is 0 Å². The molecule has 0 spiro atoms. The van der Waals surface area contributed by atoms with Crippen molar-refractivity contribution in [3.8, 4) is 23.0 Å². The molecule has 1 aromatic heterocycles. The van der Waals surface area contributed by atoms with Gasteiger partial charge >= 0.3 is 0 Å². The standard InChI is InChI=1S/C25H23N5O2/c1-4-5-16-6-13-22(28-15-16)29-25(32)21-14-19(11-12-20(21)24(27)31)17-7-9-18(10-8-17)23(26)30(2)3/h6-15,26H,1-3H3,(H2,27,31)(H,28,29,32). The molecule has 0 fully saturated rings. The molecular weight excluding hydrogens is 402 g/mol. The lowest BCUT2D eigenvalue weighted by molar-refractivity contribution is 0.0977. The average Bonchev–Trinajstić information content (AvgIpc) is 2.79. The number of nitrogens with one attached hydrogen (secondary N) is 2. The Hall–Kier alpha value is -4.44. The maximum Gasteiger partial charge on any atom is 0.257 e. The van der Waals surface area contributed by atoms with Crippen molar-refractivity contribution in [1.29, 1.82) is 5.41 Å². The van der Waals surface area contributed by atoms with E-state index in [2.05, 4.69) is 22.1 Å². The van der Waals surface area contributed by atoms with E-state index in [1.807, 2.05) is 38.4 Å². The highest BCUT2D eigenvalue weighted by Gasteiger charge is 2.17. The average molecular weight is 425 g/mol. The second kappa shape index (κ2) is 9.58. The lowest BCUT2D eigenvalue weighted by Gasteiger charge is -2.14. The number of amidine groups is 1. The van der Waals surface area contributed by atoms with Gasteiger partial charge in [0.25, 0.3) is 5.91 Å². The van der Waals surface area contributed by atoms with E-state index in [4.69, 9.17) is 11.1 Å². The monoisotopic (exact) mass is 425 g/mol. The third-order valence-corrected chi connectivity index (χ3v) is 4.74. The SMILES string of the molecule is CC#Cc1ccc(NC(=O)c2cc(-c3ccc(C(=N)N(C)C)cc3)ccc2C(N)=O)nc1. The van der Waals surface area contributed by atoms with Gasteiger partial charge in [-0.3, -0.25) is 15.0 Å². The number of hydrogen-bond acceptors (Lipinski definition) is 4. The molecule has 0 radical (unpaired) electrons. The molecule has 7 heteroatoms. The van der Waals surface area contributed by atoms with Gasteiger partial charge in [-0.25, -0.2) is 4.98 Å². The molecule has 32 heavy (non-hydrogen) atoms. The van der Waals surface area contributed by atoms with Gasteiger partial charge in [-0.1, -0.05) is 36.3 Å². The van der Waals surface area contributed by atoms with Crippen LogP contribution in [-0.4, -0.2) is 41.6 Å². The molecule has 0 aliphatic carbocycles. The van der Waals surface area contributed by atoms with Crippen LogP contribution in [0.5, 0.6) is 0 Å². The summed E-state index contributed by atoms with van der Waals surface area (Å²) in [6.45, 7) is 1.73. The summed E-state index contributed by atoms with van der Waals surface area (Å²) in [6.07, 6.45) is 1.56. The molecule has 7 nitrogen and oxygen atoms in total. The number of rotatable bonds is 5. The zero-order valence-electron chi connectivity index (χ0n) is 18.1. The molecule has 0 saturated heterocycles. The highest BCUT2D eigenvalue weighted by Crippen LogP contribution is 2.24. The summed E-state index contributed by atoms with van der Waals surface area (Å²) >= 11 is 0. The van der Waals surface area contributed by atoms with Crippen LogP contribution in [0, 0.1) is 17.3 Å². The van der Waals surface area contributed by atoms with Gasteiger partial charge in [-0.05, 0) is 42.3 Å². The fourth-order valence-electron chi connectivity index (χ4n) is 3.08. The van der Waals surface area contributed by atoms with Crippen LogP contribution in [-0.2, 0) is 0 Å². The molecule has 0 aliphatic heterocycles. The summed E-state index contributed by atoms with van der Waals surface area (Å²) in [5, 5.41) is 10.8. The maximum atomic E-state index is 12.9. The van der Waals surface area contributed by atoms with Crippen molar-refractivity contribution in [3.05, 3.63) is 83.0 Å². The van der Waals surface area contributed by atoms with Gasteiger partial charge in [0.05, 0.1) is 11.1 Å². The highest BCUT2D eigenvalue weighted by molar-refractivity contribution is 6.12. The Morgan fingerprint density at radius 3 is 2.25 bits per heavy atom. The van der Waals surface area contributed by atoms with E-state index in [1.165, 1.54) is 6.07 Å². The molecular formula is C25H23N5O2. The molecule has 0 aliphatic rings. The topological polar surface area (TPSA) is 112 Å². The quantitative estimate of drug-likeness (QED) is 0.330. The van der Waals surface area contributed by atoms with Crippen LogP contribution in [0.25, 0.3) is 11.1 Å². The molecule has 0 unspecified atom stereocenters. The van der Waals surface area contributed by atoms with Gasteiger partial charge in [0.1, 0.15) is 11.7 Å². The molecule has 0 bridgehead atoms. The minimum atomic E-state index is -0.696. The van der Waals surface area contributed by atoms with Crippen molar-refractivity contribution >= 4 is 23.5 Å². The van der Waals surface area contributed by atoms with E-state index in [0.29, 0.717) is 11.7 Å². The van der Waals surface area contributed by atoms with Gasteiger partial charge in [0, 0.05) is 31.4 Å². The molecule has 1 heterocycles. The summed E-state index contributed by atoms with van der Waals surface area (Å²) in [6, 6.07) is 15.7. The van der Waals surface area contributed by atoms with Crippen molar-refractivity contribution in [1.82, 2.24) is 9.88 Å². The van der Waals surface area contributed by atoms with Gasteiger partial charge in [-0.15, -0.1) is 5.92 Å². The summed E-state index contributed by atoms with van der Waals surface area (Å²) in [5.41, 5.74) is 8.84. The predicted octanol–water partition coefficient (Wildman–Crippen LogP) is 3.36. The number of hydrogen-bond donors (Lipinski definition) is 3. The zero-order valence-corrected chi connectivity index (χ0v) is 18.1. The van der Waals surface area contributed by atoms with E-state index in [1.54, 1.807) is 42.3 Å². The van der Waals surface area contributed by atoms with Crippen LogP contribution in [0.1, 0.15) is 38.8 Å². The van der Waals surface area contributed by atoms with E-state index in [0.717, 1.165) is 22.3 Å². The third-order valence-electron chi connectivity index (χ3n) is 4.74. The largest absolute Gasteiger partial charge is 0.366 e. The lowest BCUT2D eigenvalue weighted by atomic mass is 9.97. The summed E-state index contributed by atoms with van der Waals surface area (Å²) in [7, 11) is 3.62. The fourth-order valence-corrected chi connectivity index (χ4v) is 3.08. The van der Waals surface area contributed by atoms with Gasteiger partial charge in [0.2, 0.25) is 5.91 Å². The lowest BCUT2D eigenvalue weighted by Crippen LogP contribution is -2.21. The van der Waals surface area contributed by atoms with E-state index in [-0.39, 0.29) is 11.1 Å². The number of nitrogens with two attached hydrogens (primary N) is 1. The maximum absolute atomic E-state index is 12.9. The fraction of sp³-hybridized carbons (Fsp3) is 0.120. The number of anilines is 1. The first-order valence-electron chi connectivity index (χ1n) is 9.81. The predicted molar refractivity (Wildman–Crippen MR) is 126 cm³/mol. The van der Waals surface area contributed by atoms with E-state index in [9.17, 15) is 9.59 Å². The minimum Gasteiger partial charge on any atom is -0.366 e. The second-order valence-electron chi connectivity index (χ2n) is 7.21. The Bertz CT molecular complexity index is 1230. The molecule has 4 N–H and O–H groups in total. The first kappa shape index (κ1) is 22.2. The smallest absolute Gasteiger partial charge is 0.257 e. The Morgan fingerprint density at radius 1 is 1.00 bits per heavy atom. The number of benzene rings is 2. The van der Waals surface area contributed by atoms with Crippen molar-refractivity contribution in [2.24, 2.45) is 5.73 Å². The number of nitrogens with zero attached hydrogens (tertiary/aromatic N) is 2. The second-order valence-corrected chi connectivity index (χ2v) is 7.21. The first-order valence-corrected chi connectivity index (χ1v) is 9.81. The Kier molecular flexibility index (Phi) is 6.66. The number of primary amides is 1. The molecule has 2 amide bonds. The summed E-state index contributed by atoms with van der Waals surface area (Å²) in [4.78, 5) is 30.7. The molecule has 2 aromatic carbocycles. The number of carbonyl (C=O) groups excluding carboxylic acids is 2. The Balaban J connectivity index is 1.92. The molecule has 3 rings (SSSR count). The van der Waals surface area contributed by atoms with Crippen LogP contribution in [0.3, 0.4) is 0 Å². The third kappa shape index (κ3) is 4.99. The summed E-state index contributed by atoms with van der Waals surface area (Å²) < 4.78 is 0. The normalized spacial score (nSPS) is 9.97. The molecule has 0 atom stereocenters. The zero-order chi connectivity index (χ0) is 23.3. The molecule has 3 aromatic rings.